The molecule has 2 aromatic heterocycles. The summed E-state index contributed by atoms with van der Waals surface area (Å²) in [6, 6.07) is 12.4. The summed E-state index contributed by atoms with van der Waals surface area (Å²) in [6.45, 7) is 1.84. The molecule has 0 bridgehead atoms. The normalized spacial score (nSPS) is 14.7. The van der Waals surface area contributed by atoms with Crippen molar-refractivity contribution < 1.29 is 13.2 Å². The van der Waals surface area contributed by atoms with Gasteiger partial charge in [0.1, 0.15) is 17.2 Å². The highest BCUT2D eigenvalue weighted by molar-refractivity contribution is 6.30. The van der Waals surface area contributed by atoms with Crippen LogP contribution in [0.15, 0.2) is 54.9 Å². The molecule has 3 aromatic rings. The van der Waals surface area contributed by atoms with E-state index in [1.54, 1.807) is 35.4 Å². The summed E-state index contributed by atoms with van der Waals surface area (Å²) in [6.07, 6.45) is -2.04. The van der Waals surface area contributed by atoms with Gasteiger partial charge in [-0.1, -0.05) is 23.7 Å². The molecule has 1 saturated heterocycles. The van der Waals surface area contributed by atoms with Crippen molar-refractivity contribution in [2.24, 2.45) is 0 Å². The predicted octanol–water partition coefficient (Wildman–Crippen LogP) is 4.61. The number of anilines is 4. The summed E-state index contributed by atoms with van der Waals surface area (Å²) in [5, 5.41) is 3.41. The Morgan fingerprint density at radius 3 is 2.37 bits per heavy atom. The lowest BCUT2D eigenvalue weighted by Crippen LogP contribution is -2.47. The van der Waals surface area contributed by atoms with Crippen LogP contribution < -0.4 is 15.1 Å². The average Bonchev–Trinajstić information content (AvgIpc) is 2.74. The molecule has 30 heavy (non-hydrogen) atoms. The zero-order valence-corrected chi connectivity index (χ0v) is 16.5. The van der Waals surface area contributed by atoms with E-state index in [-0.39, 0.29) is 11.8 Å². The van der Waals surface area contributed by atoms with Crippen LogP contribution in [0.4, 0.5) is 36.4 Å². The van der Waals surface area contributed by atoms with E-state index in [1.807, 2.05) is 23.1 Å². The smallest absolute Gasteiger partial charge is 0.353 e. The van der Waals surface area contributed by atoms with E-state index in [4.69, 9.17) is 11.6 Å². The molecule has 0 atom stereocenters. The Hall–Kier alpha value is -3.07. The van der Waals surface area contributed by atoms with Crippen LogP contribution in [-0.4, -0.2) is 41.1 Å². The maximum absolute atomic E-state index is 13.6. The van der Waals surface area contributed by atoms with E-state index < -0.39 is 11.7 Å². The van der Waals surface area contributed by atoms with Gasteiger partial charge in [0.05, 0.1) is 0 Å². The molecule has 1 aromatic carbocycles. The van der Waals surface area contributed by atoms with Crippen molar-refractivity contribution in [1.82, 2.24) is 15.0 Å². The molecule has 0 amide bonds. The molecule has 0 saturated carbocycles. The molecule has 0 aliphatic carbocycles. The first kappa shape index (κ1) is 20.2. The quantitative estimate of drug-likeness (QED) is 0.647. The largest absolute Gasteiger partial charge is 0.421 e. The summed E-state index contributed by atoms with van der Waals surface area (Å²) in [5.74, 6) is 0.745. The lowest BCUT2D eigenvalue weighted by atomic mass is 10.2. The molecule has 0 radical (unpaired) electrons. The first-order chi connectivity index (χ1) is 14.4. The summed E-state index contributed by atoms with van der Waals surface area (Å²) >= 11 is 5.97. The fourth-order valence-electron chi connectivity index (χ4n) is 3.26. The van der Waals surface area contributed by atoms with Crippen LogP contribution in [0.2, 0.25) is 5.02 Å². The highest BCUT2D eigenvalue weighted by Crippen LogP contribution is 2.36. The number of rotatable bonds is 4. The van der Waals surface area contributed by atoms with Crippen molar-refractivity contribution in [3.8, 4) is 0 Å². The third-order valence-corrected chi connectivity index (χ3v) is 4.94. The minimum atomic E-state index is -4.55. The Morgan fingerprint density at radius 2 is 1.70 bits per heavy atom. The van der Waals surface area contributed by atoms with Crippen LogP contribution in [0.1, 0.15) is 5.56 Å². The minimum Gasteiger partial charge on any atom is -0.353 e. The van der Waals surface area contributed by atoms with Gasteiger partial charge < -0.3 is 15.1 Å². The van der Waals surface area contributed by atoms with Crippen LogP contribution >= 0.6 is 11.6 Å². The van der Waals surface area contributed by atoms with E-state index in [1.165, 1.54) is 0 Å². The van der Waals surface area contributed by atoms with Gasteiger partial charge in [-0.25, -0.2) is 9.97 Å². The Bertz CT molecular complexity index is 1010. The lowest BCUT2D eigenvalue weighted by Gasteiger charge is -2.36. The Morgan fingerprint density at radius 1 is 0.933 bits per heavy atom. The summed E-state index contributed by atoms with van der Waals surface area (Å²) in [5.41, 5.74) is -0.265. The van der Waals surface area contributed by atoms with Gasteiger partial charge in [0, 0.05) is 49.3 Å². The molecule has 10 heteroatoms. The molecular weight excluding hydrogens is 417 g/mol. The van der Waals surface area contributed by atoms with E-state index >= 15 is 0 Å². The first-order valence-corrected chi connectivity index (χ1v) is 9.66. The van der Waals surface area contributed by atoms with Crippen molar-refractivity contribution in [3.63, 3.8) is 0 Å². The summed E-state index contributed by atoms with van der Waals surface area (Å²) in [4.78, 5) is 16.0. The molecule has 1 aliphatic heterocycles. The number of pyridine rings is 1. The molecule has 4 rings (SSSR count). The predicted molar refractivity (Wildman–Crippen MR) is 110 cm³/mol. The van der Waals surface area contributed by atoms with Gasteiger partial charge in [-0.15, -0.1) is 0 Å². The molecule has 0 spiro atoms. The lowest BCUT2D eigenvalue weighted by molar-refractivity contribution is -0.137. The molecule has 156 valence electrons. The van der Waals surface area contributed by atoms with Crippen LogP contribution in [-0.2, 0) is 6.18 Å². The van der Waals surface area contributed by atoms with Crippen molar-refractivity contribution in [2.45, 2.75) is 6.18 Å². The SMILES string of the molecule is FC(F)(F)c1cnc(Nc2cccc(Cl)c2)nc1N1CCN(c2ccccn2)CC1. The number of alkyl halides is 3. The molecule has 1 fully saturated rings. The van der Waals surface area contributed by atoms with Crippen molar-refractivity contribution in [3.05, 3.63) is 65.4 Å². The number of piperazine rings is 1. The van der Waals surface area contributed by atoms with Gasteiger partial charge in [-0.05, 0) is 30.3 Å². The fourth-order valence-corrected chi connectivity index (χ4v) is 3.45. The van der Waals surface area contributed by atoms with Crippen LogP contribution in [0.5, 0.6) is 0 Å². The van der Waals surface area contributed by atoms with Crippen molar-refractivity contribution in [2.75, 3.05) is 41.3 Å². The van der Waals surface area contributed by atoms with Gasteiger partial charge in [0.25, 0.3) is 0 Å². The zero-order valence-electron chi connectivity index (χ0n) is 15.8. The Labute approximate surface area is 176 Å². The first-order valence-electron chi connectivity index (χ1n) is 9.28. The summed E-state index contributed by atoms with van der Waals surface area (Å²) in [7, 11) is 0. The second-order valence-electron chi connectivity index (χ2n) is 6.73. The zero-order chi connectivity index (χ0) is 21.1. The van der Waals surface area contributed by atoms with E-state index in [9.17, 15) is 13.2 Å². The Kier molecular flexibility index (Phi) is 5.63. The van der Waals surface area contributed by atoms with E-state index in [0.29, 0.717) is 36.9 Å². The number of benzene rings is 1. The molecule has 1 aliphatic rings. The fraction of sp³-hybridized carbons (Fsp3) is 0.250. The van der Waals surface area contributed by atoms with E-state index in [2.05, 4.69) is 20.3 Å². The van der Waals surface area contributed by atoms with Crippen molar-refractivity contribution in [1.29, 1.82) is 0 Å². The second-order valence-corrected chi connectivity index (χ2v) is 7.16. The monoisotopic (exact) mass is 434 g/mol. The van der Waals surface area contributed by atoms with Gasteiger partial charge in [0.15, 0.2) is 0 Å². The van der Waals surface area contributed by atoms with Crippen LogP contribution in [0, 0.1) is 0 Å². The number of hydrogen-bond acceptors (Lipinski definition) is 6. The number of nitrogens with zero attached hydrogens (tertiary/aromatic N) is 5. The van der Waals surface area contributed by atoms with Crippen LogP contribution in [0.25, 0.3) is 0 Å². The number of hydrogen-bond donors (Lipinski definition) is 1. The number of aromatic nitrogens is 3. The second kappa shape index (κ2) is 8.35. The maximum atomic E-state index is 13.6. The average molecular weight is 435 g/mol. The third-order valence-electron chi connectivity index (χ3n) is 4.71. The number of halogens is 4. The standard InChI is InChI=1S/C20H18ClF3N6/c21-14-4-3-5-15(12-14)27-19-26-13-16(20(22,23)24)18(28-19)30-10-8-29(9-11-30)17-6-1-2-7-25-17/h1-7,12-13H,8-11H2,(H,26,27,28). The third kappa shape index (κ3) is 4.56. The molecule has 6 nitrogen and oxygen atoms in total. The van der Waals surface area contributed by atoms with Gasteiger partial charge >= 0.3 is 6.18 Å². The highest BCUT2D eigenvalue weighted by atomic mass is 35.5. The maximum Gasteiger partial charge on any atom is 0.421 e. The Balaban J connectivity index is 1.57. The molecule has 3 heterocycles. The topological polar surface area (TPSA) is 57.2 Å². The highest BCUT2D eigenvalue weighted by Gasteiger charge is 2.37. The number of nitrogens with one attached hydrogen (secondary N) is 1. The van der Waals surface area contributed by atoms with Gasteiger partial charge in [-0.2, -0.15) is 18.2 Å². The molecule has 1 N–H and O–H groups in total. The van der Waals surface area contributed by atoms with Gasteiger partial charge in [0.2, 0.25) is 5.95 Å². The van der Waals surface area contributed by atoms with Crippen LogP contribution in [0.3, 0.4) is 0 Å². The molecule has 0 unspecified atom stereocenters. The van der Waals surface area contributed by atoms with E-state index in [0.717, 1.165) is 12.0 Å². The van der Waals surface area contributed by atoms with Crippen molar-refractivity contribution >= 4 is 34.9 Å². The molecular formula is C20H18ClF3N6. The minimum absolute atomic E-state index is 0.0763. The van der Waals surface area contributed by atoms with Gasteiger partial charge in [-0.3, -0.25) is 0 Å². The summed E-state index contributed by atoms with van der Waals surface area (Å²) < 4.78 is 40.8.